The second-order valence-corrected chi connectivity index (χ2v) is 14.5. The minimum absolute atomic E-state index is 0.120. The topological polar surface area (TPSA) is 78.9 Å². The van der Waals surface area contributed by atoms with Crippen molar-refractivity contribution in [1.82, 2.24) is 0 Å². The van der Waals surface area contributed by atoms with Crippen LogP contribution < -0.4 is 0 Å². The van der Waals surface area contributed by atoms with E-state index in [4.69, 9.17) is 14.2 Å². The van der Waals surface area contributed by atoms with E-state index < -0.39 is 12.1 Å². The molecule has 0 aromatic carbocycles. The van der Waals surface area contributed by atoms with Crippen LogP contribution in [-0.2, 0) is 28.6 Å². The first kappa shape index (κ1) is 54.8. The molecule has 59 heavy (non-hydrogen) atoms. The smallest absolute Gasteiger partial charge is 0.306 e. The molecule has 0 rings (SSSR count). The minimum atomic E-state index is -0.825. The van der Waals surface area contributed by atoms with Crippen LogP contribution in [0.3, 0.4) is 0 Å². The van der Waals surface area contributed by atoms with E-state index in [0.717, 1.165) is 128 Å². The number of allylic oxidation sites excluding steroid dienone is 20. The van der Waals surface area contributed by atoms with Crippen LogP contribution in [-0.4, -0.2) is 37.2 Å². The molecule has 0 fully saturated rings. The summed E-state index contributed by atoms with van der Waals surface area (Å²) < 4.78 is 16.5. The summed E-state index contributed by atoms with van der Waals surface area (Å²) in [5, 5.41) is 0. The lowest BCUT2D eigenvalue weighted by Gasteiger charge is -2.18. The lowest BCUT2D eigenvalue weighted by molar-refractivity contribution is -0.166. The van der Waals surface area contributed by atoms with Crippen LogP contribution in [0.4, 0.5) is 0 Å². The summed E-state index contributed by atoms with van der Waals surface area (Å²) >= 11 is 0. The molecular formula is C53H82O6. The molecule has 0 aliphatic carbocycles. The molecule has 0 spiro atoms. The molecule has 330 valence electrons. The Morgan fingerprint density at radius 3 is 1.08 bits per heavy atom. The summed E-state index contributed by atoms with van der Waals surface area (Å²) in [6.45, 7) is 6.19. The Morgan fingerprint density at radius 1 is 0.356 bits per heavy atom. The van der Waals surface area contributed by atoms with Crippen molar-refractivity contribution in [3.8, 4) is 0 Å². The molecular weight excluding hydrogens is 733 g/mol. The largest absolute Gasteiger partial charge is 0.462 e. The molecule has 0 aliphatic rings. The fourth-order valence-electron chi connectivity index (χ4n) is 5.57. The monoisotopic (exact) mass is 815 g/mol. The zero-order valence-electron chi connectivity index (χ0n) is 37.5. The van der Waals surface area contributed by atoms with Gasteiger partial charge in [-0.1, -0.05) is 181 Å². The highest BCUT2D eigenvalue weighted by molar-refractivity contribution is 5.71. The first-order chi connectivity index (χ1) is 29.0. The molecule has 0 aromatic rings. The maximum absolute atomic E-state index is 12.6. The van der Waals surface area contributed by atoms with Gasteiger partial charge in [0.1, 0.15) is 13.2 Å². The Balaban J connectivity index is 4.34. The number of ether oxygens (including phenoxy) is 3. The van der Waals surface area contributed by atoms with Crippen molar-refractivity contribution in [1.29, 1.82) is 0 Å². The van der Waals surface area contributed by atoms with Gasteiger partial charge in [0.05, 0.1) is 0 Å². The van der Waals surface area contributed by atoms with Gasteiger partial charge in [-0.3, -0.25) is 14.4 Å². The highest BCUT2D eigenvalue weighted by Crippen LogP contribution is 2.10. The van der Waals surface area contributed by atoms with Crippen molar-refractivity contribution in [2.75, 3.05) is 13.2 Å². The first-order valence-electron chi connectivity index (χ1n) is 23.0. The van der Waals surface area contributed by atoms with Gasteiger partial charge in [0.15, 0.2) is 6.10 Å². The average molecular weight is 815 g/mol. The standard InChI is InChI=1S/C53H82O6/c1-4-7-10-13-15-17-19-21-22-23-24-25-26-27-28-29-30-32-33-35-37-40-43-46-52(55)58-49-50(48-57-51(54)45-42-39-12-9-6-3)59-53(56)47-44-41-38-36-34-31-20-18-16-14-11-8-5-2/h7-8,10-11,15-18,21-22,24-25,27-28,30-32,34,38,41,50H,4-6,9,12-14,19-20,23,26,29,33,35-37,39-40,42-49H2,1-3H3/b10-7-,11-8-,17-15-,18-16-,22-21-,25-24-,28-27-,32-30-,34-31-,41-38-. The predicted molar refractivity (Wildman–Crippen MR) is 251 cm³/mol. The third-order valence-electron chi connectivity index (χ3n) is 8.98. The molecule has 1 atom stereocenters. The van der Waals surface area contributed by atoms with Gasteiger partial charge in [-0.2, -0.15) is 0 Å². The van der Waals surface area contributed by atoms with E-state index in [-0.39, 0.29) is 31.6 Å². The summed E-state index contributed by atoms with van der Waals surface area (Å²) in [6, 6.07) is 0. The van der Waals surface area contributed by atoms with Gasteiger partial charge in [0, 0.05) is 19.3 Å². The number of hydrogen-bond donors (Lipinski definition) is 0. The maximum atomic E-state index is 12.6. The molecule has 0 amide bonds. The van der Waals surface area contributed by atoms with Gasteiger partial charge in [-0.05, 0) is 96.3 Å². The van der Waals surface area contributed by atoms with E-state index in [0.29, 0.717) is 19.3 Å². The second-order valence-electron chi connectivity index (χ2n) is 14.5. The summed E-state index contributed by atoms with van der Waals surface area (Å²) in [5.41, 5.74) is 0. The quantitative estimate of drug-likeness (QED) is 0.0266. The Morgan fingerprint density at radius 2 is 0.695 bits per heavy atom. The van der Waals surface area contributed by atoms with Gasteiger partial charge in [-0.15, -0.1) is 0 Å². The van der Waals surface area contributed by atoms with E-state index in [1.807, 2.05) is 12.2 Å². The van der Waals surface area contributed by atoms with Gasteiger partial charge in [-0.25, -0.2) is 0 Å². The molecule has 6 nitrogen and oxygen atoms in total. The van der Waals surface area contributed by atoms with Gasteiger partial charge in [0.25, 0.3) is 0 Å². The van der Waals surface area contributed by atoms with Crippen LogP contribution in [0.1, 0.15) is 175 Å². The molecule has 0 aromatic heterocycles. The van der Waals surface area contributed by atoms with Crippen molar-refractivity contribution in [3.63, 3.8) is 0 Å². The van der Waals surface area contributed by atoms with Crippen molar-refractivity contribution in [2.45, 2.75) is 181 Å². The van der Waals surface area contributed by atoms with Crippen LogP contribution in [0.5, 0.6) is 0 Å². The zero-order valence-corrected chi connectivity index (χ0v) is 37.5. The van der Waals surface area contributed by atoms with Gasteiger partial charge < -0.3 is 14.2 Å². The summed E-state index contributed by atoms with van der Waals surface area (Å²) in [7, 11) is 0. The molecule has 0 N–H and O–H groups in total. The van der Waals surface area contributed by atoms with E-state index >= 15 is 0 Å². The third-order valence-corrected chi connectivity index (χ3v) is 8.98. The van der Waals surface area contributed by atoms with E-state index in [2.05, 4.69) is 130 Å². The maximum Gasteiger partial charge on any atom is 0.306 e. The van der Waals surface area contributed by atoms with Gasteiger partial charge in [0.2, 0.25) is 0 Å². The van der Waals surface area contributed by atoms with Crippen LogP contribution >= 0.6 is 0 Å². The van der Waals surface area contributed by atoms with Crippen molar-refractivity contribution in [2.24, 2.45) is 0 Å². The first-order valence-corrected chi connectivity index (χ1v) is 23.0. The predicted octanol–water partition coefficient (Wildman–Crippen LogP) is 15.0. The molecule has 1 unspecified atom stereocenters. The average Bonchev–Trinajstić information content (AvgIpc) is 3.23. The number of carbonyl (C=O) groups is 3. The van der Waals surface area contributed by atoms with Gasteiger partial charge >= 0.3 is 17.9 Å². The Hall–Kier alpha value is -4.19. The Bertz CT molecular complexity index is 1300. The van der Waals surface area contributed by atoms with Crippen LogP contribution in [0, 0.1) is 0 Å². The normalized spacial score (nSPS) is 13.2. The number of hydrogen-bond acceptors (Lipinski definition) is 6. The summed E-state index contributed by atoms with van der Waals surface area (Å²) in [6.07, 6.45) is 63.7. The van der Waals surface area contributed by atoms with Crippen molar-refractivity contribution < 1.29 is 28.6 Å². The fourth-order valence-corrected chi connectivity index (χ4v) is 5.57. The molecule has 0 radical (unpaired) electrons. The molecule has 0 saturated carbocycles. The van der Waals surface area contributed by atoms with Crippen molar-refractivity contribution >= 4 is 17.9 Å². The number of esters is 3. The Kier molecular flexibility index (Phi) is 43.2. The lowest BCUT2D eigenvalue weighted by atomic mass is 10.1. The molecule has 0 bridgehead atoms. The Labute approximate surface area is 361 Å². The van der Waals surface area contributed by atoms with Crippen LogP contribution in [0.15, 0.2) is 122 Å². The number of rotatable bonds is 39. The fraction of sp³-hybridized carbons (Fsp3) is 0.566. The SMILES string of the molecule is CC/C=C\C/C=C\C/C=C\C/C=C\C/C=C\C/C=C\CCCCCCC(=O)OCC(COC(=O)CCCCCCC)OC(=O)CC/C=C\C/C=C\C/C=C\C/C=C\CC. The minimum Gasteiger partial charge on any atom is -0.462 e. The number of unbranched alkanes of at least 4 members (excludes halogenated alkanes) is 8. The molecule has 0 heterocycles. The third kappa shape index (κ3) is 44.8. The van der Waals surface area contributed by atoms with Crippen LogP contribution in [0.25, 0.3) is 0 Å². The van der Waals surface area contributed by atoms with Crippen molar-refractivity contribution in [3.05, 3.63) is 122 Å². The highest BCUT2D eigenvalue weighted by Gasteiger charge is 2.19. The van der Waals surface area contributed by atoms with E-state index in [1.54, 1.807) is 0 Å². The van der Waals surface area contributed by atoms with Crippen LogP contribution in [0.2, 0.25) is 0 Å². The molecule has 0 saturated heterocycles. The van der Waals surface area contributed by atoms with E-state index in [1.165, 1.54) is 0 Å². The molecule has 0 aliphatic heterocycles. The second kappa shape index (κ2) is 46.5. The molecule has 6 heteroatoms. The zero-order chi connectivity index (χ0) is 43.0. The van der Waals surface area contributed by atoms with E-state index in [9.17, 15) is 14.4 Å². The summed E-state index contributed by atoms with van der Waals surface area (Å²) in [5.74, 6) is -1.06. The summed E-state index contributed by atoms with van der Waals surface area (Å²) in [4.78, 5) is 37.5. The highest BCUT2D eigenvalue weighted by atomic mass is 16.6. The number of carbonyl (C=O) groups excluding carboxylic acids is 3. The lowest BCUT2D eigenvalue weighted by Crippen LogP contribution is -2.30.